The lowest BCUT2D eigenvalue weighted by molar-refractivity contribution is -0.150. The molecule has 2 unspecified atom stereocenters. The Morgan fingerprint density at radius 3 is 2.60 bits per heavy atom. The summed E-state index contributed by atoms with van der Waals surface area (Å²) in [6.45, 7) is 3.64. The zero-order valence-corrected chi connectivity index (χ0v) is 20.6. The fourth-order valence-corrected chi connectivity index (χ4v) is 4.80. The Morgan fingerprint density at radius 1 is 1.09 bits per heavy atom. The molecule has 2 aliphatic heterocycles. The minimum Gasteiger partial charge on any atom is -0.497 e. The molecule has 8 nitrogen and oxygen atoms in total. The van der Waals surface area contributed by atoms with E-state index in [1.54, 1.807) is 19.2 Å². The molecule has 0 bridgehead atoms. The third-order valence-electron chi connectivity index (χ3n) is 6.55. The lowest BCUT2D eigenvalue weighted by atomic mass is 9.97. The molecule has 0 radical (unpaired) electrons. The number of rotatable bonds is 8. The van der Waals surface area contributed by atoms with Gasteiger partial charge in [0.05, 0.1) is 45.0 Å². The third kappa shape index (κ3) is 5.65. The average molecular weight is 480 g/mol. The molecule has 8 heteroatoms. The Bertz CT molecular complexity index is 1070. The second-order valence-corrected chi connectivity index (χ2v) is 8.81. The molecule has 2 aromatic carbocycles. The van der Waals surface area contributed by atoms with Crippen molar-refractivity contribution < 1.29 is 23.8 Å². The van der Waals surface area contributed by atoms with Crippen LogP contribution >= 0.6 is 0 Å². The minimum absolute atomic E-state index is 0.115. The number of carbonyl (C=O) groups is 2. The van der Waals surface area contributed by atoms with E-state index in [0.717, 1.165) is 36.2 Å². The lowest BCUT2D eigenvalue weighted by Gasteiger charge is -2.32. The van der Waals surface area contributed by atoms with Crippen molar-refractivity contribution in [2.45, 2.75) is 32.2 Å². The summed E-state index contributed by atoms with van der Waals surface area (Å²) in [5.41, 5.74) is 2.67. The summed E-state index contributed by atoms with van der Waals surface area (Å²) in [4.78, 5) is 27.9. The fourth-order valence-electron chi connectivity index (χ4n) is 4.80. The second-order valence-electron chi connectivity index (χ2n) is 8.81. The molecule has 35 heavy (non-hydrogen) atoms. The number of benzene rings is 2. The summed E-state index contributed by atoms with van der Waals surface area (Å²) in [5, 5.41) is 6.36. The van der Waals surface area contributed by atoms with Gasteiger partial charge in [-0.25, -0.2) is 5.01 Å². The molecule has 2 atom stereocenters. The Morgan fingerprint density at radius 2 is 1.89 bits per heavy atom. The molecule has 0 aromatic heterocycles. The number of methoxy groups -OCH3 is 2. The molecule has 1 fully saturated rings. The maximum Gasteiger partial charge on any atom is 0.310 e. The number of hydrogen-bond donors (Lipinski definition) is 0. The highest BCUT2D eigenvalue weighted by Crippen LogP contribution is 2.39. The number of hydrogen-bond acceptors (Lipinski definition) is 7. The molecule has 2 aromatic rings. The van der Waals surface area contributed by atoms with E-state index in [2.05, 4.69) is 0 Å². The molecule has 0 saturated carbocycles. The first-order chi connectivity index (χ1) is 17.0. The molecular weight excluding hydrogens is 446 g/mol. The van der Waals surface area contributed by atoms with Gasteiger partial charge in [-0.05, 0) is 50.1 Å². The van der Waals surface area contributed by atoms with Gasteiger partial charge in [-0.1, -0.05) is 30.3 Å². The number of esters is 1. The van der Waals surface area contributed by atoms with Crippen molar-refractivity contribution in [3.63, 3.8) is 0 Å². The second kappa shape index (κ2) is 11.4. The molecule has 1 saturated heterocycles. The first kappa shape index (κ1) is 24.7. The molecular formula is C27H33N3O5. The number of piperidine rings is 1. The number of carbonyl (C=O) groups excluding carboxylic acids is 2. The Kier molecular flexibility index (Phi) is 8.02. The van der Waals surface area contributed by atoms with E-state index in [4.69, 9.17) is 19.3 Å². The van der Waals surface area contributed by atoms with Gasteiger partial charge in [0, 0.05) is 18.5 Å². The van der Waals surface area contributed by atoms with Crippen LogP contribution in [0.25, 0.3) is 0 Å². The number of nitrogens with zero attached hydrogens (tertiary/aromatic N) is 3. The van der Waals surface area contributed by atoms with Crippen LogP contribution in [0, 0.1) is 5.92 Å². The molecule has 2 heterocycles. The van der Waals surface area contributed by atoms with E-state index in [1.807, 2.05) is 60.4 Å². The molecule has 0 spiro atoms. The van der Waals surface area contributed by atoms with Crippen molar-refractivity contribution in [2.75, 3.05) is 40.5 Å². The first-order valence-electron chi connectivity index (χ1n) is 12.1. The number of likely N-dealkylation sites (tertiary alicyclic amines) is 1. The quantitative estimate of drug-likeness (QED) is 0.538. The standard InChI is InChI=1S/C27H33N3O5/c1-4-35-27(32)20-11-8-14-29(17-20)18-26(31)30-24(16-23(28-30)19-9-6-5-7-10-19)22-15-21(33-2)12-13-25(22)34-3/h5-7,9-10,12-13,15,20,24H,4,8,11,14,16-18H2,1-3H3. The number of amides is 1. The van der Waals surface area contributed by atoms with Gasteiger partial charge in [0.15, 0.2) is 0 Å². The zero-order chi connectivity index (χ0) is 24.8. The molecule has 4 rings (SSSR count). The van der Waals surface area contributed by atoms with E-state index >= 15 is 0 Å². The van der Waals surface area contributed by atoms with Gasteiger partial charge in [0.2, 0.25) is 0 Å². The van der Waals surface area contributed by atoms with Gasteiger partial charge in [-0.2, -0.15) is 5.10 Å². The maximum atomic E-state index is 13.6. The van der Waals surface area contributed by atoms with Crippen LogP contribution in [0.4, 0.5) is 0 Å². The average Bonchev–Trinajstić information content (AvgIpc) is 3.35. The van der Waals surface area contributed by atoms with Crippen LogP contribution in [0.1, 0.15) is 43.4 Å². The van der Waals surface area contributed by atoms with Crippen LogP contribution in [-0.4, -0.2) is 68.0 Å². The Labute approximate surface area is 206 Å². The van der Waals surface area contributed by atoms with Gasteiger partial charge in [-0.15, -0.1) is 0 Å². The summed E-state index contributed by atoms with van der Waals surface area (Å²) in [6.07, 6.45) is 2.19. The number of hydrazone groups is 1. The van der Waals surface area contributed by atoms with Crippen LogP contribution in [0.3, 0.4) is 0 Å². The summed E-state index contributed by atoms with van der Waals surface area (Å²) >= 11 is 0. The van der Waals surface area contributed by atoms with Crippen molar-refractivity contribution in [3.05, 3.63) is 59.7 Å². The van der Waals surface area contributed by atoms with E-state index in [-0.39, 0.29) is 30.4 Å². The van der Waals surface area contributed by atoms with Crippen LogP contribution in [-0.2, 0) is 14.3 Å². The molecule has 1 amide bonds. The van der Waals surface area contributed by atoms with E-state index in [1.165, 1.54) is 0 Å². The lowest BCUT2D eigenvalue weighted by Crippen LogP contribution is -2.44. The van der Waals surface area contributed by atoms with Crippen molar-refractivity contribution in [2.24, 2.45) is 11.0 Å². The van der Waals surface area contributed by atoms with Gasteiger partial charge in [0.25, 0.3) is 5.91 Å². The van der Waals surface area contributed by atoms with Crippen molar-refractivity contribution in [3.8, 4) is 11.5 Å². The zero-order valence-electron chi connectivity index (χ0n) is 20.6. The van der Waals surface area contributed by atoms with E-state index in [0.29, 0.717) is 31.1 Å². The molecule has 0 aliphatic carbocycles. The highest BCUT2D eigenvalue weighted by atomic mass is 16.5. The first-order valence-corrected chi connectivity index (χ1v) is 12.1. The summed E-state index contributed by atoms with van der Waals surface area (Å²) in [5.74, 6) is 0.866. The monoisotopic (exact) mass is 479 g/mol. The van der Waals surface area contributed by atoms with Gasteiger partial charge in [0.1, 0.15) is 11.5 Å². The molecule has 186 valence electrons. The predicted molar refractivity (Wildman–Crippen MR) is 133 cm³/mol. The van der Waals surface area contributed by atoms with Crippen molar-refractivity contribution >= 4 is 17.6 Å². The predicted octanol–water partition coefficient (Wildman–Crippen LogP) is 3.66. The van der Waals surface area contributed by atoms with Crippen LogP contribution < -0.4 is 9.47 Å². The fraction of sp³-hybridized carbons (Fsp3) is 0.444. The smallest absolute Gasteiger partial charge is 0.310 e. The van der Waals surface area contributed by atoms with Gasteiger partial charge in [-0.3, -0.25) is 14.5 Å². The van der Waals surface area contributed by atoms with Crippen molar-refractivity contribution in [1.29, 1.82) is 0 Å². The SMILES string of the molecule is CCOC(=O)C1CCCN(CC(=O)N2N=C(c3ccccc3)CC2c2cc(OC)ccc2OC)C1. The molecule has 0 N–H and O–H groups in total. The van der Waals surface area contributed by atoms with E-state index in [9.17, 15) is 9.59 Å². The third-order valence-corrected chi connectivity index (χ3v) is 6.55. The van der Waals surface area contributed by atoms with Gasteiger partial charge >= 0.3 is 5.97 Å². The normalized spacial score (nSPS) is 20.3. The van der Waals surface area contributed by atoms with Gasteiger partial charge < -0.3 is 14.2 Å². The summed E-state index contributed by atoms with van der Waals surface area (Å²) < 4.78 is 16.3. The number of ether oxygens (including phenoxy) is 3. The topological polar surface area (TPSA) is 80.7 Å². The Hall–Kier alpha value is -3.39. The summed E-state index contributed by atoms with van der Waals surface area (Å²) in [6, 6.07) is 15.2. The Balaban J connectivity index is 1.59. The molecule has 2 aliphatic rings. The largest absolute Gasteiger partial charge is 0.497 e. The van der Waals surface area contributed by atoms with Crippen LogP contribution in [0.5, 0.6) is 11.5 Å². The van der Waals surface area contributed by atoms with Crippen molar-refractivity contribution in [1.82, 2.24) is 9.91 Å². The van der Waals surface area contributed by atoms with E-state index < -0.39 is 0 Å². The highest BCUT2D eigenvalue weighted by Gasteiger charge is 2.36. The van der Waals surface area contributed by atoms with Crippen LogP contribution in [0.15, 0.2) is 53.6 Å². The maximum absolute atomic E-state index is 13.6. The van der Waals surface area contributed by atoms with Crippen LogP contribution in [0.2, 0.25) is 0 Å². The minimum atomic E-state index is -0.326. The summed E-state index contributed by atoms with van der Waals surface area (Å²) in [7, 11) is 3.24. The highest BCUT2D eigenvalue weighted by molar-refractivity contribution is 6.03.